The number of carboxylic acids is 1. The smallest absolute Gasteiger partial charge is 0.417 e. The van der Waals surface area contributed by atoms with Gasteiger partial charge < -0.3 is 14.5 Å². The maximum atomic E-state index is 13.8. The Balaban J connectivity index is 1.28. The molecule has 0 radical (unpaired) electrons. The van der Waals surface area contributed by atoms with Crippen LogP contribution in [0.25, 0.3) is 28.2 Å². The van der Waals surface area contributed by atoms with E-state index in [1.165, 1.54) is 30.3 Å². The van der Waals surface area contributed by atoms with Gasteiger partial charge >= 0.3 is 18.3 Å². The van der Waals surface area contributed by atoms with E-state index in [0.717, 1.165) is 18.9 Å². The molecule has 2 aromatic carbocycles. The molecule has 0 amide bonds. The first kappa shape index (κ1) is 27.8. The van der Waals surface area contributed by atoms with E-state index in [1.807, 2.05) is 11.0 Å². The molecule has 1 aliphatic heterocycles. The Kier molecular flexibility index (Phi) is 6.74. The second kappa shape index (κ2) is 10.2. The highest BCUT2D eigenvalue weighted by Crippen LogP contribution is 2.46. The maximum absolute atomic E-state index is 13.8. The second-order valence-corrected chi connectivity index (χ2v) is 10.5. The van der Waals surface area contributed by atoms with Gasteiger partial charge in [0, 0.05) is 41.2 Å². The fraction of sp³-hybridized carbons (Fsp3) is 0.300. The van der Waals surface area contributed by atoms with E-state index in [2.05, 4.69) is 10.1 Å². The van der Waals surface area contributed by atoms with Crippen LogP contribution in [0.15, 0.2) is 59.1 Å². The summed E-state index contributed by atoms with van der Waals surface area (Å²) < 4.78 is 88.1. The lowest BCUT2D eigenvalue weighted by Gasteiger charge is -2.20. The van der Waals surface area contributed by atoms with Gasteiger partial charge in [-0.05, 0) is 55.5 Å². The van der Waals surface area contributed by atoms with Crippen LogP contribution in [0.1, 0.15) is 58.1 Å². The molecule has 218 valence electrons. The molecule has 1 saturated heterocycles. The number of nitrogens with zero attached hydrogens (tertiary/aromatic N) is 3. The Morgan fingerprint density at radius 2 is 1.71 bits per heavy atom. The Hall–Kier alpha value is -4.35. The highest BCUT2D eigenvalue weighted by Gasteiger charge is 2.38. The number of pyridine rings is 1. The van der Waals surface area contributed by atoms with Crippen LogP contribution in [0.4, 0.5) is 32.0 Å². The Morgan fingerprint density at radius 3 is 2.40 bits per heavy atom. The van der Waals surface area contributed by atoms with Crippen LogP contribution in [0.3, 0.4) is 0 Å². The van der Waals surface area contributed by atoms with Gasteiger partial charge in [-0.15, -0.1) is 0 Å². The SMILES string of the molecule is O=C(O)c1cc(C(F)(F)F)c2cc(N3CC[C@H](/C=C/c4c(-c5ccccc5C(F)(F)F)noc4C4CC4)C3)ccc2n1. The van der Waals surface area contributed by atoms with Gasteiger partial charge in [0.25, 0.3) is 0 Å². The molecular weight excluding hydrogens is 564 g/mol. The summed E-state index contributed by atoms with van der Waals surface area (Å²) >= 11 is 0. The predicted molar refractivity (Wildman–Crippen MR) is 142 cm³/mol. The van der Waals surface area contributed by atoms with Crippen LogP contribution >= 0.6 is 0 Å². The molecule has 3 heterocycles. The summed E-state index contributed by atoms with van der Waals surface area (Å²) in [6.07, 6.45) is -3.33. The number of anilines is 1. The topological polar surface area (TPSA) is 79.5 Å². The molecule has 2 fully saturated rings. The molecule has 0 spiro atoms. The summed E-state index contributed by atoms with van der Waals surface area (Å²) in [6, 6.07) is 10.1. The minimum absolute atomic E-state index is 0.0389. The number of aromatic carboxylic acids is 1. The Morgan fingerprint density at radius 1 is 0.976 bits per heavy atom. The zero-order valence-electron chi connectivity index (χ0n) is 21.8. The lowest BCUT2D eigenvalue weighted by Crippen LogP contribution is -2.19. The first-order valence-electron chi connectivity index (χ1n) is 13.2. The van der Waals surface area contributed by atoms with Crippen molar-refractivity contribution in [2.24, 2.45) is 5.92 Å². The molecule has 2 aromatic heterocycles. The zero-order chi connectivity index (χ0) is 29.8. The van der Waals surface area contributed by atoms with Crippen molar-refractivity contribution in [2.75, 3.05) is 18.0 Å². The van der Waals surface area contributed by atoms with Crippen LogP contribution in [0.2, 0.25) is 0 Å². The molecule has 1 N–H and O–H groups in total. The first-order valence-corrected chi connectivity index (χ1v) is 13.2. The van der Waals surface area contributed by atoms with Gasteiger partial charge in [0.2, 0.25) is 0 Å². The molecule has 6 rings (SSSR count). The van der Waals surface area contributed by atoms with Crippen molar-refractivity contribution in [3.63, 3.8) is 0 Å². The van der Waals surface area contributed by atoms with Gasteiger partial charge in [-0.1, -0.05) is 35.5 Å². The van der Waals surface area contributed by atoms with E-state index in [9.17, 15) is 36.2 Å². The number of carbonyl (C=O) groups is 1. The van der Waals surface area contributed by atoms with Crippen LogP contribution in [-0.4, -0.2) is 34.3 Å². The van der Waals surface area contributed by atoms with Crippen molar-refractivity contribution < 1.29 is 40.8 Å². The van der Waals surface area contributed by atoms with Crippen molar-refractivity contribution in [1.29, 1.82) is 0 Å². The molecule has 6 nitrogen and oxygen atoms in total. The van der Waals surface area contributed by atoms with Gasteiger partial charge in [0.15, 0.2) is 0 Å². The molecular formula is C30H23F6N3O3. The number of hydrogen-bond acceptors (Lipinski definition) is 5. The largest absolute Gasteiger partial charge is 0.477 e. The van der Waals surface area contributed by atoms with E-state index >= 15 is 0 Å². The van der Waals surface area contributed by atoms with Crippen molar-refractivity contribution >= 4 is 28.6 Å². The lowest BCUT2D eigenvalue weighted by atomic mass is 9.97. The lowest BCUT2D eigenvalue weighted by molar-refractivity contribution is -0.137. The maximum Gasteiger partial charge on any atom is 0.417 e. The molecule has 12 heteroatoms. The fourth-order valence-electron chi connectivity index (χ4n) is 5.41. The number of alkyl halides is 6. The number of halogens is 6. The molecule has 0 bridgehead atoms. The fourth-order valence-corrected chi connectivity index (χ4v) is 5.41. The number of fused-ring (bicyclic) bond motifs is 1. The predicted octanol–water partition coefficient (Wildman–Crippen LogP) is 8.04. The molecule has 42 heavy (non-hydrogen) atoms. The Bertz CT molecular complexity index is 1700. The van der Waals surface area contributed by atoms with Gasteiger partial charge in [-0.25, -0.2) is 9.78 Å². The zero-order valence-corrected chi connectivity index (χ0v) is 21.8. The summed E-state index contributed by atoms with van der Waals surface area (Å²) in [5.74, 6) is -0.943. The van der Waals surface area contributed by atoms with Crippen LogP contribution in [0.5, 0.6) is 0 Å². The standard InChI is InChI=1S/C30H23F6N3O3/c31-29(32,33)22-4-2-1-3-19(22)26-20(27(42-38-26)17-6-7-17)9-5-16-11-12-39(15-16)18-8-10-24-21(13-18)23(30(34,35)36)14-25(37-24)28(40)41/h1-5,8-10,13-14,16-17H,6-7,11-12,15H2,(H,40,41)/b9-5+/t16-/m0/s1. The van der Waals surface area contributed by atoms with E-state index in [0.29, 0.717) is 42.6 Å². The third kappa shape index (κ3) is 5.33. The molecule has 2 aliphatic rings. The van der Waals surface area contributed by atoms with Crippen LogP contribution in [-0.2, 0) is 12.4 Å². The minimum Gasteiger partial charge on any atom is -0.477 e. The van der Waals surface area contributed by atoms with Crippen molar-refractivity contribution in [1.82, 2.24) is 10.1 Å². The van der Waals surface area contributed by atoms with Gasteiger partial charge in [-0.3, -0.25) is 0 Å². The second-order valence-electron chi connectivity index (χ2n) is 10.5. The highest BCUT2D eigenvalue weighted by molar-refractivity contribution is 5.93. The van der Waals surface area contributed by atoms with E-state index in [-0.39, 0.29) is 34.0 Å². The monoisotopic (exact) mass is 587 g/mol. The van der Waals surface area contributed by atoms with E-state index in [1.54, 1.807) is 12.1 Å². The average molecular weight is 588 g/mol. The molecule has 1 saturated carbocycles. The summed E-state index contributed by atoms with van der Waals surface area (Å²) in [4.78, 5) is 17.1. The minimum atomic E-state index is -4.78. The van der Waals surface area contributed by atoms with Gasteiger partial charge in [0.05, 0.1) is 16.6 Å². The summed E-state index contributed by atoms with van der Waals surface area (Å²) in [6.45, 7) is 0.994. The number of benzene rings is 2. The molecule has 4 aromatic rings. The van der Waals surface area contributed by atoms with Crippen molar-refractivity contribution in [3.05, 3.63) is 82.8 Å². The molecule has 1 aliphatic carbocycles. The van der Waals surface area contributed by atoms with Gasteiger partial charge in [0.1, 0.15) is 17.1 Å². The number of hydrogen-bond donors (Lipinski definition) is 1. The Labute approximate surface area is 235 Å². The number of aromatic nitrogens is 2. The normalized spacial score (nSPS) is 18.0. The summed E-state index contributed by atoms with van der Waals surface area (Å²) in [7, 11) is 0. The number of carboxylic acid groups (broad SMARTS) is 1. The third-order valence-electron chi connectivity index (χ3n) is 7.63. The third-order valence-corrected chi connectivity index (χ3v) is 7.63. The number of rotatable bonds is 6. The summed E-state index contributed by atoms with van der Waals surface area (Å²) in [5.41, 5.74) is -1.55. The first-order chi connectivity index (χ1) is 19.9. The molecule has 1 atom stereocenters. The molecule has 0 unspecified atom stereocenters. The van der Waals surface area contributed by atoms with Crippen molar-refractivity contribution in [3.8, 4) is 11.3 Å². The highest BCUT2D eigenvalue weighted by atomic mass is 19.4. The quantitative estimate of drug-likeness (QED) is 0.230. The van der Waals surface area contributed by atoms with Crippen LogP contribution < -0.4 is 4.90 Å². The van der Waals surface area contributed by atoms with E-state index in [4.69, 9.17) is 4.52 Å². The summed E-state index contributed by atoms with van der Waals surface area (Å²) in [5, 5.41) is 13.0. The average Bonchev–Trinajstić information content (AvgIpc) is 3.52. The van der Waals surface area contributed by atoms with Crippen molar-refractivity contribution in [2.45, 2.75) is 37.5 Å². The van der Waals surface area contributed by atoms with Gasteiger partial charge in [-0.2, -0.15) is 26.3 Å². The van der Waals surface area contributed by atoms with E-state index < -0.39 is 35.1 Å². The van der Waals surface area contributed by atoms with Crippen LogP contribution in [0, 0.1) is 5.92 Å².